The van der Waals surface area contributed by atoms with E-state index < -0.39 is 28.8 Å². The van der Waals surface area contributed by atoms with Crippen molar-refractivity contribution in [2.45, 2.75) is 37.4 Å². The zero-order chi connectivity index (χ0) is 27.5. The number of nitrogens with one attached hydrogen (secondary N) is 1. The van der Waals surface area contributed by atoms with Crippen LogP contribution in [0.4, 0.5) is 0 Å². The molecule has 4 rings (SSSR count). The van der Waals surface area contributed by atoms with Crippen LogP contribution in [0.15, 0.2) is 70.0 Å². The molecule has 1 aromatic heterocycles. The second-order valence-corrected chi connectivity index (χ2v) is 11.9. The summed E-state index contributed by atoms with van der Waals surface area (Å²) in [6.45, 7) is 5.28. The summed E-state index contributed by atoms with van der Waals surface area (Å²) in [6.07, 6.45) is -1.19. The molecule has 3 aromatic carbocycles. The standard InChI is InChI=1S/C20H17BrCl3NO3.C6H6O2S/c1-20(2,3)28-19(27)10-4-5-12(22)16(17(10)24)18(26)15-8-11-13(23)6-9(21)7-14(11)25-15;7-9(8)6-4-2-1-3-5-6/h4-8,18,25-26H,1-3H3;1-5H,(H,7,8)/p-1. The van der Waals surface area contributed by atoms with Crippen LogP contribution in [0, 0.1) is 0 Å². The molecule has 0 aliphatic rings. The normalized spacial score (nSPS) is 13.0. The van der Waals surface area contributed by atoms with Gasteiger partial charge in [-0.15, -0.1) is 0 Å². The lowest BCUT2D eigenvalue weighted by Gasteiger charge is -2.21. The molecule has 0 aliphatic carbocycles. The number of halogens is 4. The highest BCUT2D eigenvalue weighted by atomic mass is 79.9. The quantitative estimate of drug-likeness (QED) is 0.174. The molecule has 2 N–H and O–H groups in total. The van der Waals surface area contributed by atoms with Gasteiger partial charge in [0.25, 0.3) is 0 Å². The van der Waals surface area contributed by atoms with E-state index in [1.54, 1.807) is 63.2 Å². The van der Waals surface area contributed by atoms with Crippen molar-refractivity contribution < 1.29 is 23.4 Å². The highest BCUT2D eigenvalue weighted by Crippen LogP contribution is 2.38. The third-order valence-electron chi connectivity index (χ3n) is 4.92. The number of aliphatic hydroxyl groups is 1. The number of H-pyrrole nitrogens is 1. The minimum Gasteiger partial charge on any atom is -0.768 e. The Balaban J connectivity index is 0.000000356. The van der Waals surface area contributed by atoms with E-state index in [0.29, 0.717) is 15.6 Å². The lowest BCUT2D eigenvalue weighted by Crippen LogP contribution is -2.24. The van der Waals surface area contributed by atoms with Crippen molar-refractivity contribution in [1.29, 1.82) is 0 Å². The second kappa shape index (κ2) is 12.3. The van der Waals surface area contributed by atoms with Crippen molar-refractivity contribution in [3.05, 3.63) is 97.0 Å². The number of hydrogen-bond acceptors (Lipinski definition) is 5. The van der Waals surface area contributed by atoms with E-state index in [9.17, 15) is 18.7 Å². The minimum atomic E-state index is -2.08. The maximum absolute atomic E-state index is 12.5. The first-order chi connectivity index (χ1) is 17.3. The van der Waals surface area contributed by atoms with Gasteiger partial charge in [-0.3, -0.25) is 4.21 Å². The van der Waals surface area contributed by atoms with Crippen LogP contribution in [0.2, 0.25) is 15.1 Å². The second-order valence-electron chi connectivity index (χ2n) is 8.85. The Morgan fingerprint density at radius 2 is 1.70 bits per heavy atom. The lowest BCUT2D eigenvalue weighted by atomic mass is 10.0. The van der Waals surface area contributed by atoms with Gasteiger partial charge < -0.3 is 19.4 Å². The Labute approximate surface area is 240 Å². The molecule has 0 radical (unpaired) electrons. The molecule has 0 bridgehead atoms. The molecule has 2 atom stereocenters. The van der Waals surface area contributed by atoms with Crippen LogP contribution >= 0.6 is 50.7 Å². The first-order valence-corrected chi connectivity index (χ1v) is 13.8. The van der Waals surface area contributed by atoms with Crippen LogP contribution in [0.3, 0.4) is 0 Å². The van der Waals surface area contributed by atoms with Gasteiger partial charge in [-0.2, -0.15) is 0 Å². The molecule has 11 heteroatoms. The van der Waals surface area contributed by atoms with Crippen molar-refractivity contribution in [1.82, 2.24) is 4.98 Å². The average Bonchev–Trinajstić information content (AvgIpc) is 3.23. The van der Waals surface area contributed by atoms with Gasteiger partial charge in [0.05, 0.1) is 15.6 Å². The van der Waals surface area contributed by atoms with Crippen LogP contribution < -0.4 is 0 Å². The first-order valence-electron chi connectivity index (χ1n) is 10.8. The first kappa shape index (κ1) is 29.6. The number of fused-ring (bicyclic) bond motifs is 1. The monoisotopic (exact) mass is 644 g/mol. The third-order valence-corrected chi connectivity index (χ3v) is 7.09. The predicted molar refractivity (Wildman–Crippen MR) is 150 cm³/mol. The molecule has 1 heterocycles. The molecule has 6 nitrogen and oxygen atoms in total. The van der Waals surface area contributed by atoms with Crippen molar-refractivity contribution >= 4 is 78.7 Å². The number of benzene rings is 3. The number of aromatic amines is 1. The number of carbonyl (C=O) groups excluding carboxylic acids is 1. The van der Waals surface area contributed by atoms with E-state index in [2.05, 4.69) is 20.9 Å². The summed E-state index contributed by atoms with van der Waals surface area (Å²) in [5.74, 6) is -0.591. The maximum atomic E-state index is 12.5. The van der Waals surface area contributed by atoms with Crippen LogP contribution in [-0.4, -0.2) is 30.4 Å². The molecule has 37 heavy (non-hydrogen) atoms. The summed E-state index contributed by atoms with van der Waals surface area (Å²) < 4.78 is 26.6. The summed E-state index contributed by atoms with van der Waals surface area (Å²) in [6, 6.07) is 16.6. The Kier molecular flexibility index (Phi) is 9.85. The molecule has 0 spiro atoms. The third kappa shape index (κ3) is 7.57. The summed E-state index contributed by atoms with van der Waals surface area (Å²) in [5, 5.41) is 12.5. The fraction of sp³-hybridized carbons (Fsp3) is 0.192. The van der Waals surface area contributed by atoms with Crippen LogP contribution in [0.25, 0.3) is 10.9 Å². The summed E-state index contributed by atoms with van der Waals surface area (Å²) in [5.41, 5.74) is 0.852. The van der Waals surface area contributed by atoms with Gasteiger partial charge in [0.15, 0.2) is 0 Å². The van der Waals surface area contributed by atoms with E-state index in [-0.39, 0.29) is 21.2 Å². The number of rotatable bonds is 4. The lowest BCUT2D eigenvalue weighted by molar-refractivity contribution is 0.00695. The maximum Gasteiger partial charge on any atom is 0.340 e. The van der Waals surface area contributed by atoms with Gasteiger partial charge in [0, 0.05) is 36.6 Å². The molecule has 0 fully saturated rings. The number of aromatic nitrogens is 1. The van der Waals surface area contributed by atoms with Gasteiger partial charge in [-0.1, -0.05) is 68.9 Å². The fourth-order valence-corrected chi connectivity index (χ4v) is 5.22. The number of ether oxygens (including phenoxy) is 1. The van der Waals surface area contributed by atoms with E-state index in [0.717, 1.165) is 15.4 Å². The number of esters is 1. The van der Waals surface area contributed by atoms with Gasteiger partial charge in [-0.25, -0.2) is 4.79 Å². The highest BCUT2D eigenvalue weighted by Gasteiger charge is 2.26. The number of carbonyl (C=O) groups is 1. The van der Waals surface area contributed by atoms with Crippen LogP contribution in [0.1, 0.15) is 48.5 Å². The Morgan fingerprint density at radius 1 is 1.05 bits per heavy atom. The zero-order valence-corrected chi connectivity index (χ0v) is 24.5. The van der Waals surface area contributed by atoms with E-state index >= 15 is 0 Å². The molecule has 4 aromatic rings. The Morgan fingerprint density at radius 3 is 2.27 bits per heavy atom. The topological polar surface area (TPSA) is 102 Å². The molecule has 196 valence electrons. The molecule has 2 unspecified atom stereocenters. The van der Waals surface area contributed by atoms with Gasteiger partial charge in [-0.05, 0) is 74.3 Å². The highest BCUT2D eigenvalue weighted by molar-refractivity contribution is 9.10. The van der Waals surface area contributed by atoms with E-state index in [1.807, 2.05) is 6.07 Å². The fourth-order valence-electron chi connectivity index (χ4n) is 3.33. The number of aliphatic hydroxyl groups excluding tert-OH is 1. The molecule has 0 saturated heterocycles. The van der Waals surface area contributed by atoms with Crippen LogP contribution in [-0.2, 0) is 15.8 Å². The zero-order valence-electron chi connectivity index (χ0n) is 19.9. The van der Waals surface area contributed by atoms with E-state index in [4.69, 9.17) is 39.5 Å². The van der Waals surface area contributed by atoms with Gasteiger partial charge in [0.1, 0.15) is 11.7 Å². The Bertz CT molecular complexity index is 1450. The van der Waals surface area contributed by atoms with Crippen molar-refractivity contribution in [2.75, 3.05) is 0 Å². The summed E-state index contributed by atoms with van der Waals surface area (Å²) >= 11 is 20.3. The Hall–Kier alpha value is -1.91. The molecule has 0 saturated carbocycles. The van der Waals surface area contributed by atoms with Crippen molar-refractivity contribution in [3.63, 3.8) is 0 Å². The average molecular weight is 647 g/mol. The van der Waals surface area contributed by atoms with Crippen LogP contribution in [0.5, 0.6) is 0 Å². The smallest absolute Gasteiger partial charge is 0.340 e. The molecule has 0 amide bonds. The molecule has 0 aliphatic heterocycles. The largest absolute Gasteiger partial charge is 0.768 e. The SMILES string of the molecule is CC(C)(C)OC(=O)c1ccc(Cl)c(C(O)c2cc3c(Cl)cc(Br)cc3[nH]2)c1Cl.O=S([O-])c1ccccc1. The van der Waals surface area contributed by atoms with Gasteiger partial charge >= 0.3 is 5.97 Å². The van der Waals surface area contributed by atoms with Crippen molar-refractivity contribution in [3.8, 4) is 0 Å². The summed E-state index contributed by atoms with van der Waals surface area (Å²) in [4.78, 5) is 15.9. The number of hydrogen-bond donors (Lipinski definition) is 2. The molecular formula is C26H22BrCl3NO5S-. The summed E-state index contributed by atoms with van der Waals surface area (Å²) in [7, 11) is 0. The van der Waals surface area contributed by atoms with E-state index in [1.165, 1.54) is 12.1 Å². The predicted octanol–water partition coefficient (Wildman–Crippen LogP) is 7.85. The van der Waals surface area contributed by atoms with Gasteiger partial charge in [0.2, 0.25) is 0 Å². The molecular weight excluding hydrogens is 625 g/mol. The van der Waals surface area contributed by atoms with Crippen molar-refractivity contribution in [2.24, 2.45) is 0 Å². The minimum absolute atomic E-state index is 0.0418.